The Labute approximate surface area is 177 Å². The van der Waals surface area contributed by atoms with Crippen LogP contribution in [-0.4, -0.2) is 35.3 Å². The largest absolute Gasteiger partial charge is 0.325 e. The van der Waals surface area contributed by atoms with E-state index in [0.717, 1.165) is 16.2 Å². The third-order valence-electron chi connectivity index (χ3n) is 5.54. The molecule has 0 radical (unpaired) electrons. The predicted octanol–water partition coefficient (Wildman–Crippen LogP) is 4.02. The smallest absolute Gasteiger partial charge is 0.319 e. The minimum absolute atomic E-state index is 0.115. The van der Waals surface area contributed by atoms with E-state index in [1.54, 1.807) is 11.8 Å². The first-order valence-corrected chi connectivity index (χ1v) is 10.3. The van der Waals surface area contributed by atoms with Gasteiger partial charge in [0.2, 0.25) is 5.91 Å². The van der Waals surface area contributed by atoms with Crippen molar-refractivity contribution in [3.8, 4) is 0 Å². The lowest BCUT2D eigenvalue weighted by Crippen LogP contribution is -2.46. The molecule has 0 aliphatic carbocycles. The van der Waals surface area contributed by atoms with Crippen molar-refractivity contribution >= 4 is 23.5 Å². The van der Waals surface area contributed by atoms with E-state index in [1.807, 2.05) is 68.4 Å². The highest BCUT2D eigenvalue weighted by Gasteiger charge is 2.49. The Morgan fingerprint density at radius 3 is 2.13 bits per heavy atom. The molecule has 2 aromatic carbocycles. The van der Waals surface area contributed by atoms with Crippen molar-refractivity contribution in [2.75, 3.05) is 11.4 Å². The van der Waals surface area contributed by atoms with E-state index < -0.39 is 17.5 Å². The molecular weight excluding hydrogens is 378 g/mol. The van der Waals surface area contributed by atoms with Crippen molar-refractivity contribution in [1.29, 1.82) is 0 Å². The summed E-state index contributed by atoms with van der Waals surface area (Å²) in [4.78, 5) is 41.5. The summed E-state index contributed by atoms with van der Waals surface area (Å²) in [5.41, 5.74) is 1.39. The molecule has 6 nitrogen and oxygen atoms in total. The third kappa shape index (κ3) is 3.95. The van der Waals surface area contributed by atoms with Gasteiger partial charge in [0.25, 0.3) is 5.91 Å². The van der Waals surface area contributed by atoms with Crippen LogP contribution in [0.25, 0.3) is 0 Å². The Bertz CT molecular complexity index is 938. The van der Waals surface area contributed by atoms with E-state index >= 15 is 0 Å². The Morgan fingerprint density at radius 1 is 1.00 bits per heavy atom. The fraction of sp³-hybridized carbons (Fsp3) is 0.375. The van der Waals surface area contributed by atoms with E-state index in [-0.39, 0.29) is 18.5 Å². The molecule has 1 aliphatic heterocycles. The van der Waals surface area contributed by atoms with Crippen molar-refractivity contribution < 1.29 is 14.4 Å². The average molecular weight is 408 g/mol. The summed E-state index contributed by atoms with van der Waals surface area (Å²) in [7, 11) is 0. The fourth-order valence-corrected chi connectivity index (χ4v) is 3.77. The normalized spacial score (nSPS) is 18.8. The zero-order chi connectivity index (χ0) is 22.1. The molecule has 30 heavy (non-hydrogen) atoms. The van der Waals surface area contributed by atoms with Crippen molar-refractivity contribution in [2.24, 2.45) is 0 Å². The molecule has 6 heteroatoms. The molecule has 4 amide bonds. The highest BCUT2D eigenvalue weighted by molar-refractivity contribution is 6.10. The SMILES string of the molecule is CC(C)c1ccc([C@@]2(C)NC(=O)N(CC(=O)N(c3ccccc3)C(C)C)C2=O)cc1. The number of hydrogen-bond donors (Lipinski definition) is 1. The van der Waals surface area contributed by atoms with Gasteiger partial charge in [-0.3, -0.25) is 14.5 Å². The summed E-state index contributed by atoms with van der Waals surface area (Å²) in [5.74, 6) is -0.358. The number of imide groups is 1. The molecule has 0 aromatic heterocycles. The van der Waals surface area contributed by atoms with E-state index in [9.17, 15) is 14.4 Å². The third-order valence-corrected chi connectivity index (χ3v) is 5.54. The summed E-state index contributed by atoms with van der Waals surface area (Å²) in [6.07, 6.45) is 0. The summed E-state index contributed by atoms with van der Waals surface area (Å²) < 4.78 is 0. The number of rotatable bonds is 6. The molecule has 0 unspecified atom stereocenters. The monoisotopic (exact) mass is 407 g/mol. The van der Waals surface area contributed by atoms with Gasteiger partial charge in [0.1, 0.15) is 12.1 Å². The second kappa shape index (κ2) is 8.30. The fourth-order valence-electron chi connectivity index (χ4n) is 3.77. The Balaban J connectivity index is 1.82. The molecule has 2 aromatic rings. The highest BCUT2D eigenvalue weighted by Crippen LogP contribution is 2.30. The molecule has 0 spiro atoms. The summed E-state index contributed by atoms with van der Waals surface area (Å²) in [6, 6.07) is 16.2. The summed E-state index contributed by atoms with van der Waals surface area (Å²) in [5, 5.41) is 2.78. The van der Waals surface area contributed by atoms with Crippen LogP contribution in [0.2, 0.25) is 0 Å². The van der Waals surface area contributed by atoms with E-state index in [0.29, 0.717) is 11.5 Å². The van der Waals surface area contributed by atoms with Crippen LogP contribution < -0.4 is 10.2 Å². The highest BCUT2D eigenvalue weighted by atomic mass is 16.2. The minimum atomic E-state index is -1.19. The number of urea groups is 1. The van der Waals surface area contributed by atoms with Gasteiger partial charge in [-0.1, -0.05) is 56.3 Å². The number of hydrogen-bond acceptors (Lipinski definition) is 3. The van der Waals surface area contributed by atoms with Crippen LogP contribution >= 0.6 is 0 Å². The number of anilines is 1. The number of carbonyl (C=O) groups excluding carboxylic acids is 3. The number of para-hydroxylation sites is 1. The van der Waals surface area contributed by atoms with Gasteiger partial charge in [-0.25, -0.2) is 4.79 Å². The molecule has 1 atom stereocenters. The van der Waals surface area contributed by atoms with Gasteiger partial charge in [-0.15, -0.1) is 0 Å². The van der Waals surface area contributed by atoms with Crippen molar-refractivity contribution in [2.45, 2.75) is 52.1 Å². The first-order valence-electron chi connectivity index (χ1n) is 10.3. The van der Waals surface area contributed by atoms with Crippen molar-refractivity contribution in [1.82, 2.24) is 10.2 Å². The molecule has 1 fully saturated rings. The summed E-state index contributed by atoms with van der Waals surface area (Å²) in [6.45, 7) is 9.37. The van der Waals surface area contributed by atoms with Gasteiger partial charge in [-0.05, 0) is 49.9 Å². The van der Waals surface area contributed by atoms with Crippen LogP contribution in [0.3, 0.4) is 0 Å². The number of nitrogens with zero attached hydrogens (tertiary/aromatic N) is 2. The first kappa shape index (κ1) is 21.6. The molecule has 1 N–H and O–H groups in total. The van der Waals surface area contributed by atoms with Gasteiger partial charge in [0.05, 0.1) is 0 Å². The van der Waals surface area contributed by atoms with E-state index in [2.05, 4.69) is 19.2 Å². The van der Waals surface area contributed by atoms with Gasteiger partial charge >= 0.3 is 6.03 Å². The second-order valence-electron chi connectivity index (χ2n) is 8.42. The van der Waals surface area contributed by atoms with Crippen LogP contribution in [-0.2, 0) is 15.1 Å². The zero-order valence-corrected chi connectivity index (χ0v) is 18.2. The Kier molecular flexibility index (Phi) is 5.97. The minimum Gasteiger partial charge on any atom is -0.319 e. The second-order valence-corrected chi connectivity index (χ2v) is 8.42. The average Bonchev–Trinajstić information content (AvgIpc) is 2.92. The van der Waals surface area contributed by atoms with Crippen molar-refractivity contribution in [3.63, 3.8) is 0 Å². The lowest BCUT2D eigenvalue weighted by Gasteiger charge is -2.28. The molecule has 158 valence electrons. The van der Waals surface area contributed by atoms with Crippen molar-refractivity contribution in [3.05, 3.63) is 65.7 Å². The number of benzene rings is 2. The lowest BCUT2D eigenvalue weighted by molar-refractivity contribution is -0.134. The van der Waals surface area contributed by atoms with Crippen LogP contribution in [0.1, 0.15) is 51.7 Å². The van der Waals surface area contributed by atoms with Crippen LogP contribution in [0, 0.1) is 0 Å². The topological polar surface area (TPSA) is 69.7 Å². The zero-order valence-electron chi connectivity index (χ0n) is 18.2. The van der Waals surface area contributed by atoms with Gasteiger partial charge in [0.15, 0.2) is 0 Å². The van der Waals surface area contributed by atoms with Crippen LogP contribution in [0.5, 0.6) is 0 Å². The predicted molar refractivity (Wildman–Crippen MR) is 117 cm³/mol. The number of amides is 4. The molecule has 1 heterocycles. The lowest BCUT2D eigenvalue weighted by atomic mass is 9.90. The van der Waals surface area contributed by atoms with Crippen LogP contribution in [0.15, 0.2) is 54.6 Å². The number of carbonyl (C=O) groups is 3. The molecule has 1 saturated heterocycles. The van der Waals surface area contributed by atoms with E-state index in [1.165, 1.54) is 0 Å². The Hall–Kier alpha value is -3.15. The maximum Gasteiger partial charge on any atom is 0.325 e. The molecule has 0 bridgehead atoms. The molecular formula is C24H29N3O3. The number of nitrogens with one attached hydrogen (secondary N) is 1. The standard InChI is InChI=1S/C24H29N3O3/c1-16(2)18-11-13-19(14-12-18)24(5)22(29)26(23(30)25-24)15-21(28)27(17(3)4)20-9-7-6-8-10-20/h6-14,16-17H,15H2,1-5H3,(H,25,30)/t24-/m1/s1. The first-order chi connectivity index (χ1) is 14.1. The van der Waals surface area contributed by atoms with Crippen LogP contribution in [0.4, 0.5) is 10.5 Å². The van der Waals surface area contributed by atoms with E-state index in [4.69, 9.17) is 0 Å². The quantitative estimate of drug-likeness (QED) is 0.736. The summed E-state index contributed by atoms with van der Waals surface area (Å²) >= 11 is 0. The maximum atomic E-state index is 13.2. The molecule has 0 saturated carbocycles. The van der Waals surface area contributed by atoms with Gasteiger partial charge in [0, 0.05) is 11.7 Å². The van der Waals surface area contributed by atoms with Gasteiger partial charge < -0.3 is 10.2 Å². The Morgan fingerprint density at radius 2 is 1.60 bits per heavy atom. The van der Waals surface area contributed by atoms with Gasteiger partial charge in [-0.2, -0.15) is 0 Å². The molecule has 3 rings (SSSR count). The molecule has 1 aliphatic rings. The maximum absolute atomic E-state index is 13.2.